The van der Waals surface area contributed by atoms with E-state index >= 15 is 0 Å². The Balaban J connectivity index is 1.64. The minimum Gasteiger partial charge on any atom is -0.379 e. The standard InChI is InChI=1S/C15H20BrNO2/c16-12-3-1-11(2-4-12)15(9-17-13-5-6-13)19-14-7-8-18-10-14/h1-4,13-15,17H,5-10H2. The van der Waals surface area contributed by atoms with Crippen LogP contribution >= 0.6 is 15.9 Å². The van der Waals surface area contributed by atoms with Crippen molar-refractivity contribution in [2.45, 2.75) is 37.5 Å². The monoisotopic (exact) mass is 325 g/mol. The van der Waals surface area contributed by atoms with E-state index in [-0.39, 0.29) is 12.2 Å². The van der Waals surface area contributed by atoms with Crippen LogP contribution in [0.3, 0.4) is 0 Å². The van der Waals surface area contributed by atoms with Gasteiger partial charge in [-0.2, -0.15) is 0 Å². The highest BCUT2D eigenvalue weighted by atomic mass is 79.9. The second kappa shape index (κ2) is 6.35. The number of halogens is 1. The average molecular weight is 326 g/mol. The fourth-order valence-corrected chi connectivity index (χ4v) is 2.60. The normalized spacial score (nSPS) is 24.6. The zero-order valence-corrected chi connectivity index (χ0v) is 12.6. The lowest BCUT2D eigenvalue weighted by molar-refractivity contribution is -0.0166. The number of ether oxygens (including phenoxy) is 2. The summed E-state index contributed by atoms with van der Waals surface area (Å²) in [6, 6.07) is 9.14. The minimum atomic E-state index is 0.125. The predicted molar refractivity (Wildman–Crippen MR) is 78.2 cm³/mol. The molecule has 104 valence electrons. The summed E-state index contributed by atoms with van der Waals surface area (Å²) in [4.78, 5) is 0. The molecule has 4 heteroatoms. The van der Waals surface area contributed by atoms with Crippen molar-refractivity contribution in [2.24, 2.45) is 0 Å². The lowest BCUT2D eigenvalue weighted by Gasteiger charge is -2.22. The number of benzene rings is 1. The Morgan fingerprint density at radius 3 is 2.68 bits per heavy atom. The maximum absolute atomic E-state index is 6.21. The number of nitrogens with one attached hydrogen (secondary N) is 1. The SMILES string of the molecule is Brc1ccc(C(CNC2CC2)OC2CCOC2)cc1. The van der Waals surface area contributed by atoms with Crippen molar-refractivity contribution < 1.29 is 9.47 Å². The first-order valence-corrected chi connectivity index (χ1v) is 7.82. The Kier molecular flexibility index (Phi) is 4.53. The van der Waals surface area contributed by atoms with Crippen LogP contribution in [0.4, 0.5) is 0 Å². The van der Waals surface area contributed by atoms with Crippen molar-refractivity contribution >= 4 is 15.9 Å². The molecule has 0 bridgehead atoms. The second-order valence-electron chi connectivity index (χ2n) is 5.34. The van der Waals surface area contributed by atoms with Crippen molar-refractivity contribution in [1.29, 1.82) is 0 Å². The Morgan fingerprint density at radius 2 is 2.05 bits per heavy atom. The largest absolute Gasteiger partial charge is 0.379 e. The van der Waals surface area contributed by atoms with Crippen molar-refractivity contribution in [3.05, 3.63) is 34.3 Å². The molecule has 1 aliphatic carbocycles. The van der Waals surface area contributed by atoms with Gasteiger partial charge in [-0.1, -0.05) is 28.1 Å². The molecule has 1 saturated carbocycles. The minimum absolute atomic E-state index is 0.125. The van der Waals surface area contributed by atoms with Crippen LogP contribution in [0.2, 0.25) is 0 Å². The lowest BCUT2D eigenvalue weighted by Crippen LogP contribution is -2.28. The topological polar surface area (TPSA) is 30.5 Å². The van der Waals surface area contributed by atoms with E-state index in [2.05, 4.69) is 45.5 Å². The predicted octanol–water partition coefficient (Wildman–Crippen LogP) is 3.05. The summed E-state index contributed by atoms with van der Waals surface area (Å²) >= 11 is 3.48. The Hall–Kier alpha value is -0.420. The third kappa shape index (κ3) is 4.02. The molecule has 2 unspecified atom stereocenters. The van der Waals surface area contributed by atoms with E-state index in [9.17, 15) is 0 Å². The number of rotatable bonds is 6. The molecule has 1 N–H and O–H groups in total. The maximum atomic E-state index is 6.21. The molecule has 2 atom stereocenters. The summed E-state index contributed by atoms with van der Waals surface area (Å²) in [5, 5.41) is 3.57. The second-order valence-corrected chi connectivity index (χ2v) is 6.26. The zero-order valence-electron chi connectivity index (χ0n) is 11.0. The Morgan fingerprint density at radius 1 is 1.26 bits per heavy atom. The average Bonchev–Trinajstić information content (AvgIpc) is 3.11. The molecule has 1 aliphatic heterocycles. The van der Waals surface area contributed by atoms with Gasteiger partial charge in [-0.05, 0) is 37.0 Å². The third-order valence-electron chi connectivity index (χ3n) is 3.66. The third-order valence-corrected chi connectivity index (χ3v) is 4.18. The van der Waals surface area contributed by atoms with Gasteiger partial charge in [0.05, 0.1) is 18.8 Å². The van der Waals surface area contributed by atoms with Crippen molar-refractivity contribution in [3.63, 3.8) is 0 Å². The lowest BCUT2D eigenvalue weighted by atomic mass is 10.1. The molecule has 0 spiro atoms. The van der Waals surface area contributed by atoms with E-state index in [1.54, 1.807) is 0 Å². The first kappa shape index (κ1) is 13.6. The highest BCUT2D eigenvalue weighted by Gasteiger charge is 2.25. The van der Waals surface area contributed by atoms with Crippen LogP contribution in [0.25, 0.3) is 0 Å². The molecule has 0 aromatic heterocycles. The van der Waals surface area contributed by atoms with Crippen LogP contribution in [-0.2, 0) is 9.47 Å². The summed E-state index contributed by atoms with van der Waals surface area (Å²) in [7, 11) is 0. The van der Waals surface area contributed by atoms with Crippen LogP contribution in [-0.4, -0.2) is 31.9 Å². The van der Waals surface area contributed by atoms with Gasteiger partial charge in [0.1, 0.15) is 0 Å². The molecule has 3 nitrogen and oxygen atoms in total. The molecule has 19 heavy (non-hydrogen) atoms. The zero-order chi connectivity index (χ0) is 13.1. The first-order valence-electron chi connectivity index (χ1n) is 7.03. The Labute approximate surface area is 122 Å². The van der Waals surface area contributed by atoms with Gasteiger partial charge >= 0.3 is 0 Å². The molecule has 3 rings (SSSR count). The molecule has 2 aliphatic rings. The van der Waals surface area contributed by atoms with Gasteiger partial charge in [0, 0.05) is 23.7 Å². The van der Waals surface area contributed by atoms with Gasteiger partial charge < -0.3 is 14.8 Å². The summed E-state index contributed by atoms with van der Waals surface area (Å²) in [6.07, 6.45) is 3.99. The summed E-state index contributed by atoms with van der Waals surface area (Å²) in [5.41, 5.74) is 1.24. The van der Waals surface area contributed by atoms with Crippen LogP contribution in [0.15, 0.2) is 28.7 Å². The molecule has 2 fully saturated rings. The number of hydrogen-bond acceptors (Lipinski definition) is 3. The van der Waals surface area contributed by atoms with Gasteiger partial charge in [0.25, 0.3) is 0 Å². The molecule has 1 aromatic carbocycles. The van der Waals surface area contributed by atoms with Crippen LogP contribution in [0.5, 0.6) is 0 Å². The van der Waals surface area contributed by atoms with Crippen LogP contribution < -0.4 is 5.32 Å². The van der Waals surface area contributed by atoms with E-state index in [4.69, 9.17) is 9.47 Å². The number of hydrogen-bond donors (Lipinski definition) is 1. The van der Waals surface area contributed by atoms with E-state index in [0.29, 0.717) is 6.04 Å². The molecule has 1 saturated heterocycles. The van der Waals surface area contributed by atoms with E-state index in [1.165, 1.54) is 18.4 Å². The fraction of sp³-hybridized carbons (Fsp3) is 0.600. The van der Waals surface area contributed by atoms with Crippen LogP contribution in [0, 0.1) is 0 Å². The molecular weight excluding hydrogens is 306 g/mol. The van der Waals surface area contributed by atoms with Crippen molar-refractivity contribution in [3.8, 4) is 0 Å². The molecule has 1 heterocycles. The summed E-state index contributed by atoms with van der Waals surface area (Å²) in [6.45, 7) is 2.45. The quantitative estimate of drug-likeness (QED) is 0.872. The van der Waals surface area contributed by atoms with Gasteiger partial charge in [-0.25, -0.2) is 0 Å². The molecule has 1 aromatic rings. The van der Waals surface area contributed by atoms with Gasteiger partial charge in [0.2, 0.25) is 0 Å². The first-order chi connectivity index (χ1) is 9.31. The molecular formula is C15H20BrNO2. The summed E-state index contributed by atoms with van der Waals surface area (Å²) in [5.74, 6) is 0. The van der Waals surface area contributed by atoms with Crippen molar-refractivity contribution in [2.75, 3.05) is 19.8 Å². The summed E-state index contributed by atoms with van der Waals surface area (Å²) < 4.78 is 12.7. The highest BCUT2D eigenvalue weighted by Crippen LogP contribution is 2.25. The highest BCUT2D eigenvalue weighted by molar-refractivity contribution is 9.10. The smallest absolute Gasteiger partial charge is 0.0954 e. The molecule has 0 radical (unpaired) electrons. The fourth-order valence-electron chi connectivity index (χ4n) is 2.34. The van der Waals surface area contributed by atoms with Gasteiger partial charge in [-0.15, -0.1) is 0 Å². The van der Waals surface area contributed by atoms with Gasteiger partial charge in [-0.3, -0.25) is 0 Å². The van der Waals surface area contributed by atoms with E-state index in [1.807, 2.05) is 0 Å². The van der Waals surface area contributed by atoms with Crippen molar-refractivity contribution in [1.82, 2.24) is 5.32 Å². The van der Waals surface area contributed by atoms with E-state index in [0.717, 1.165) is 30.7 Å². The maximum Gasteiger partial charge on any atom is 0.0954 e. The Bertz CT molecular complexity index is 399. The molecule has 0 amide bonds. The van der Waals surface area contributed by atoms with E-state index < -0.39 is 0 Å². The van der Waals surface area contributed by atoms with Gasteiger partial charge in [0.15, 0.2) is 0 Å². The van der Waals surface area contributed by atoms with Crippen LogP contribution in [0.1, 0.15) is 30.9 Å².